The predicted octanol–water partition coefficient (Wildman–Crippen LogP) is 2.83. The summed E-state index contributed by atoms with van der Waals surface area (Å²) in [6, 6.07) is 7.16. The lowest BCUT2D eigenvalue weighted by Crippen LogP contribution is -2.31. The number of rotatable bonds is 6. The highest BCUT2D eigenvalue weighted by atomic mass is 32.1. The van der Waals surface area contributed by atoms with Crippen LogP contribution in [0.15, 0.2) is 29.6 Å². The average Bonchev–Trinajstić information content (AvgIpc) is 3.08. The number of amides is 1. The van der Waals surface area contributed by atoms with E-state index in [0.717, 1.165) is 16.7 Å². The van der Waals surface area contributed by atoms with Gasteiger partial charge in [-0.2, -0.15) is 0 Å². The summed E-state index contributed by atoms with van der Waals surface area (Å²) in [7, 11) is 0. The first-order chi connectivity index (χ1) is 11.4. The van der Waals surface area contributed by atoms with E-state index in [1.54, 1.807) is 23.6 Å². The van der Waals surface area contributed by atoms with Crippen molar-refractivity contribution in [2.75, 3.05) is 13.2 Å². The number of ether oxygens (including phenoxy) is 1. The van der Waals surface area contributed by atoms with Crippen molar-refractivity contribution in [3.63, 3.8) is 0 Å². The van der Waals surface area contributed by atoms with E-state index in [1.165, 1.54) is 11.3 Å². The Morgan fingerprint density at radius 3 is 2.46 bits per heavy atom. The molecule has 0 aliphatic heterocycles. The number of esters is 1. The van der Waals surface area contributed by atoms with Crippen LogP contribution >= 0.6 is 11.3 Å². The molecule has 0 aliphatic carbocycles. The molecule has 126 valence electrons. The molecule has 24 heavy (non-hydrogen) atoms. The summed E-state index contributed by atoms with van der Waals surface area (Å²) in [5.41, 5.74) is 3.52. The first kappa shape index (κ1) is 17.9. The number of carbonyl (C=O) groups is 3. The van der Waals surface area contributed by atoms with Gasteiger partial charge in [0.25, 0.3) is 5.91 Å². The minimum absolute atomic E-state index is 0.256. The fourth-order valence-electron chi connectivity index (χ4n) is 2.18. The zero-order valence-electron chi connectivity index (χ0n) is 13.8. The third kappa shape index (κ3) is 4.52. The molecular weight excluding hydrogens is 326 g/mol. The van der Waals surface area contributed by atoms with Crippen LogP contribution in [0.3, 0.4) is 0 Å². The Morgan fingerprint density at radius 2 is 1.79 bits per heavy atom. The summed E-state index contributed by atoms with van der Waals surface area (Å²) in [5.74, 6) is -1.23. The molecule has 0 saturated carbocycles. The highest BCUT2D eigenvalue weighted by Crippen LogP contribution is 2.16. The Hall–Kier alpha value is -2.47. The van der Waals surface area contributed by atoms with Crippen molar-refractivity contribution in [3.8, 4) is 0 Å². The number of ketones is 1. The van der Waals surface area contributed by atoms with Crippen LogP contribution < -0.4 is 5.32 Å². The van der Waals surface area contributed by atoms with E-state index >= 15 is 0 Å². The minimum atomic E-state index is -0.644. The van der Waals surface area contributed by atoms with Crippen molar-refractivity contribution in [3.05, 3.63) is 56.8 Å². The highest BCUT2D eigenvalue weighted by molar-refractivity contribution is 7.12. The Labute approximate surface area is 144 Å². The van der Waals surface area contributed by atoms with Crippen molar-refractivity contribution < 1.29 is 19.1 Å². The zero-order chi connectivity index (χ0) is 17.7. The number of hydrogen-bond acceptors (Lipinski definition) is 5. The molecule has 0 fully saturated rings. The Kier molecular flexibility index (Phi) is 5.87. The van der Waals surface area contributed by atoms with Crippen LogP contribution in [0.1, 0.15) is 36.7 Å². The molecule has 6 heteroatoms. The molecule has 0 bridgehead atoms. The number of hydrogen-bond donors (Lipinski definition) is 1. The van der Waals surface area contributed by atoms with E-state index in [4.69, 9.17) is 4.74 Å². The second-order valence-electron chi connectivity index (χ2n) is 5.50. The van der Waals surface area contributed by atoms with Crippen molar-refractivity contribution in [1.29, 1.82) is 0 Å². The molecule has 0 aliphatic rings. The molecule has 1 N–H and O–H groups in total. The largest absolute Gasteiger partial charge is 0.456 e. The first-order valence-corrected chi connectivity index (χ1v) is 8.35. The molecule has 5 nitrogen and oxygen atoms in total. The Bertz CT molecular complexity index is 766. The Balaban J connectivity index is 1.84. The van der Waals surface area contributed by atoms with E-state index in [9.17, 15) is 14.4 Å². The lowest BCUT2D eigenvalue weighted by atomic mass is 9.98. The minimum Gasteiger partial charge on any atom is -0.456 e. The van der Waals surface area contributed by atoms with Gasteiger partial charge < -0.3 is 10.1 Å². The van der Waals surface area contributed by atoms with Gasteiger partial charge in [-0.15, -0.1) is 11.3 Å². The van der Waals surface area contributed by atoms with Crippen LogP contribution in [0.25, 0.3) is 0 Å². The summed E-state index contributed by atoms with van der Waals surface area (Å²) in [6.45, 7) is 5.15. The van der Waals surface area contributed by atoms with Crippen molar-refractivity contribution >= 4 is 29.0 Å². The molecule has 1 amide bonds. The lowest BCUT2D eigenvalue weighted by molar-refractivity contribution is -0.141. The standard InChI is InChI=1S/C18H19NO4S/c1-11-7-13(3)14(8-12(11)2)15(20)10-23-17(21)9-19-18(22)16-5-4-6-24-16/h4-8H,9-10H2,1-3H3,(H,19,22). The van der Waals surface area contributed by atoms with E-state index < -0.39 is 5.97 Å². The zero-order valence-corrected chi connectivity index (χ0v) is 14.7. The van der Waals surface area contributed by atoms with Crippen LogP contribution in [0.2, 0.25) is 0 Å². The van der Waals surface area contributed by atoms with Crippen molar-refractivity contribution in [1.82, 2.24) is 5.32 Å². The molecule has 0 radical (unpaired) electrons. The van der Waals surface area contributed by atoms with Gasteiger partial charge in [0.15, 0.2) is 6.61 Å². The molecule has 1 aromatic carbocycles. The van der Waals surface area contributed by atoms with E-state index in [0.29, 0.717) is 10.4 Å². The van der Waals surface area contributed by atoms with Gasteiger partial charge in [-0.25, -0.2) is 0 Å². The van der Waals surface area contributed by atoms with Crippen molar-refractivity contribution in [2.24, 2.45) is 0 Å². The molecule has 0 atom stereocenters. The number of nitrogens with one attached hydrogen (secondary N) is 1. The molecule has 2 aromatic rings. The lowest BCUT2D eigenvalue weighted by Gasteiger charge is -2.10. The molecular formula is C18H19NO4S. The number of aryl methyl sites for hydroxylation is 3. The smallest absolute Gasteiger partial charge is 0.325 e. The maximum Gasteiger partial charge on any atom is 0.325 e. The maximum atomic E-state index is 12.2. The second kappa shape index (κ2) is 7.88. The van der Waals surface area contributed by atoms with Crippen LogP contribution in [-0.2, 0) is 9.53 Å². The quantitative estimate of drug-likeness (QED) is 0.645. The number of benzene rings is 1. The first-order valence-electron chi connectivity index (χ1n) is 7.47. The van der Waals surface area contributed by atoms with E-state index in [1.807, 2.05) is 26.8 Å². The van der Waals surface area contributed by atoms with Crippen LogP contribution in [0, 0.1) is 20.8 Å². The third-order valence-electron chi connectivity index (χ3n) is 3.64. The topological polar surface area (TPSA) is 72.5 Å². The van der Waals surface area contributed by atoms with Gasteiger partial charge in [-0.05, 0) is 55.0 Å². The molecule has 0 spiro atoms. The van der Waals surface area contributed by atoms with E-state index in [-0.39, 0.29) is 24.8 Å². The van der Waals surface area contributed by atoms with Crippen LogP contribution in [-0.4, -0.2) is 30.8 Å². The fourth-order valence-corrected chi connectivity index (χ4v) is 2.82. The molecule has 0 unspecified atom stereocenters. The third-order valence-corrected chi connectivity index (χ3v) is 4.51. The normalized spacial score (nSPS) is 10.3. The number of thiophene rings is 1. The summed E-state index contributed by atoms with van der Waals surface area (Å²) in [5, 5.41) is 4.24. The van der Waals surface area contributed by atoms with Gasteiger partial charge in [0.05, 0.1) is 4.88 Å². The van der Waals surface area contributed by atoms with Gasteiger partial charge >= 0.3 is 5.97 Å². The van der Waals surface area contributed by atoms with Gasteiger partial charge in [0, 0.05) is 5.56 Å². The summed E-state index contributed by atoms with van der Waals surface area (Å²) >= 11 is 1.28. The second-order valence-corrected chi connectivity index (χ2v) is 6.44. The maximum absolute atomic E-state index is 12.2. The van der Waals surface area contributed by atoms with Gasteiger partial charge in [-0.1, -0.05) is 12.1 Å². The fraction of sp³-hybridized carbons (Fsp3) is 0.278. The van der Waals surface area contributed by atoms with E-state index in [2.05, 4.69) is 5.32 Å². The summed E-state index contributed by atoms with van der Waals surface area (Å²) < 4.78 is 4.95. The summed E-state index contributed by atoms with van der Waals surface area (Å²) in [6.07, 6.45) is 0. The SMILES string of the molecule is Cc1cc(C)c(C(=O)COC(=O)CNC(=O)c2cccs2)cc1C. The average molecular weight is 345 g/mol. The number of carbonyl (C=O) groups excluding carboxylic acids is 3. The molecule has 1 heterocycles. The van der Waals surface area contributed by atoms with Gasteiger partial charge in [0.1, 0.15) is 6.54 Å². The molecule has 1 aromatic heterocycles. The molecule has 2 rings (SSSR count). The van der Waals surface area contributed by atoms with Crippen LogP contribution in [0.5, 0.6) is 0 Å². The summed E-state index contributed by atoms with van der Waals surface area (Å²) in [4.78, 5) is 36.1. The highest BCUT2D eigenvalue weighted by Gasteiger charge is 2.14. The van der Waals surface area contributed by atoms with Gasteiger partial charge in [-0.3, -0.25) is 14.4 Å². The van der Waals surface area contributed by atoms with Gasteiger partial charge in [0.2, 0.25) is 5.78 Å². The number of Topliss-reactive ketones (excluding diaryl/α,β-unsaturated/α-hetero) is 1. The Morgan fingerprint density at radius 1 is 1.08 bits per heavy atom. The predicted molar refractivity (Wildman–Crippen MR) is 92.6 cm³/mol. The molecule has 0 saturated heterocycles. The van der Waals surface area contributed by atoms with Crippen molar-refractivity contribution in [2.45, 2.75) is 20.8 Å². The monoisotopic (exact) mass is 345 g/mol. The van der Waals surface area contributed by atoms with Crippen LogP contribution in [0.4, 0.5) is 0 Å².